The normalized spacial score (nSPS) is 22.8. The zero-order chi connectivity index (χ0) is 10.7. The Labute approximate surface area is 99.6 Å². The van der Waals surface area contributed by atoms with E-state index in [0.29, 0.717) is 11.9 Å². The molecule has 0 saturated carbocycles. The van der Waals surface area contributed by atoms with Crippen molar-refractivity contribution in [3.8, 4) is 0 Å². The number of halogens is 1. The van der Waals surface area contributed by atoms with Crippen LogP contribution in [0.25, 0.3) is 0 Å². The lowest BCUT2D eigenvalue weighted by atomic mass is 10.1. The maximum atomic E-state index is 6.02. The summed E-state index contributed by atoms with van der Waals surface area (Å²) in [5.41, 5.74) is 0. The lowest BCUT2D eigenvalue weighted by Crippen LogP contribution is -2.36. The van der Waals surface area contributed by atoms with E-state index >= 15 is 0 Å². The van der Waals surface area contributed by atoms with Crippen LogP contribution in [0.1, 0.15) is 31.5 Å². The molecular formula is C10H16ClN3S. The molecule has 3 nitrogen and oxygen atoms in total. The molecule has 1 aliphatic rings. The SMILES string of the molecule is Cc1nsc(N2CCCCCC2CCl)n1. The third-order valence-electron chi connectivity index (χ3n) is 2.82. The average Bonchev–Trinajstić information content (AvgIpc) is 2.54. The molecule has 84 valence electrons. The van der Waals surface area contributed by atoms with Gasteiger partial charge in [0.2, 0.25) is 5.13 Å². The minimum atomic E-state index is 0.446. The van der Waals surface area contributed by atoms with Crippen molar-refractivity contribution >= 4 is 28.3 Å². The second kappa shape index (κ2) is 5.12. The Balaban J connectivity index is 2.16. The first-order chi connectivity index (χ1) is 7.31. The van der Waals surface area contributed by atoms with E-state index in [2.05, 4.69) is 14.3 Å². The number of anilines is 1. The van der Waals surface area contributed by atoms with E-state index in [1.807, 2.05) is 6.92 Å². The number of alkyl halides is 1. The highest BCUT2D eigenvalue weighted by Crippen LogP contribution is 2.26. The van der Waals surface area contributed by atoms with Gasteiger partial charge in [0.05, 0.1) is 0 Å². The molecule has 5 heteroatoms. The van der Waals surface area contributed by atoms with E-state index in [0.717, 1.165) is 17.5 Å². The fourth-order valence-corrected chi connectivity index (χ4v) is 3.09. The first kappa shape index (κ1) is 11.1. The predicted molar refractivity (Wildman–Crippen MR) is 65.0 cm³/mol. The summed E-state index contributed by atoms with van der Waals surface area (Å²) >= 11 is 7.51. The highest BCUT2D eigenvalue weighted by atomic mass is 35.5. The molecule has 2 rings (SSSR count). The molecule has 0 aliphatic carbocycles. The van der Waals surface area contributed by atoms with E-state index in [-0.39, 0.29) is 0 Å². The van der Waals surface area contributed by atoms with Gasteiger partial charge in [0.1, 0.15) is 5.82 Å². The zero-order valence-electron chi connectivity index (χ0n) is 8.95. The highest BCUT2D eigenvalue weighted by molar-refractivity contribution is 7.09. The number of aryl methyl sites for hydroxylation is 1. The molecule has 0 bridgehead atoms. The van der Waals surface area contributed by atoms with Gasteiger partial charge in [-0.05, 0) is 19.8 Å². The van der Waals surface area contributed by atoms with Crippen LogP contribution >= 0.6 is 23.1 Å². The van der Waals surface area contributed by atoms with Gasteiger partial charge >= 0.3 is 0 Å². The molecule has 1 saturated heterocycles. The topological polar surface area (TPSA) is 29.0 Å². The van der Waals surface area contributed by atoms with Gasteiger partial charge in [-0.25, -0.2) is 4.98 Å². The van der Waals surface area contributed by atoms with Crippen molar-refractivity contribution in [2.75, 3.05) is 17.3 Å². The number of hydrogen-bond donors (Lipinski definition) is 0. The van der Waals surface area contributed by atoms with Crippen LogP contribution in [-0.2, 0) is 0 Å². The molecule has 2 heterocycles. The summed E-state index contributed by atoms with van der Waals surface area (Å²) in [7, 11) is 0. The Hall–Kier alpha value is -0.350. The standard InChI is InChI=1S/C10H16ClN3S/c1-8-12-10(15-13-8)14-6-4-2-3-5-9(14)7-11/h9H,2-7H2,1H3. The van der Waals surface area contributed by atoms with Gasteiger partial charge in [0, 0.05) is 30.0 Å². The number of aromatic nitrogens is 2. The van der Waals surface area contributed by atoms with E-state index in [4.69, 9.17) is 11.6 Å². The number of hydrogen-bond acceptors (Lipinski definition) is 4. The van der Waals surface area contributed by atoms with Gasteiger partial charge < -0.3 is 4.90 Å². The summed E-state index contributed by atoms with van der Waals surface area (Å²) in [6.07, 6.45) is 5.02. The second-order valence-corrected chi connectivity index (χ2v) is 5.01. The minimum Gasteiger partial charge on any atom is -0.343 e. The van der Waals surface area contributed by atoms with E-state index in [9.17, 15) is 0 Å². The zero-order valence-corrected chi connectivity index (χ0v) is 10.5. The molecule has 0 aromatic carbocycles. The van der Waals surface area contributed by atoms with Crippen molar-refractivity contribution in [1.29, 1.82) is 0 Å². The molecule has 15 heavy (non-hydrogen) atoms. The molecule has 0 amide bonds. The molecule has 1 unspecified atom stereocenters. The average molecular weight is 246 g/mol. The summed E-state index contributed by atoms with van der Waals surface area (Å²) in [4.78, 5) is 6.79. The van der Waals surface area contributed by atoms with Crippen LogP contribution in [0, 0.1) is 6.92 Å². The Morgan fingerprint density at radius 3 is 3.00 bits per heavy atom. The summed E-state index contributed by atoms with van der Waals surface area (Å²) < 4.78 is 4.24. The van der Waals surface area contributed by atoms with Gasteiger partial charge in [-0.2, -0.15) is 4.37 Å². The lowest BCUT2D eigenvalue weighted by molar-refractivity contribution is 0.619. The molecule has 1 atom stereocenters. The van der Waals surface area contributed by atoms with Crippen LogP contribution in [0.15, 0.2) is 0 Å². The molecule has 0 N–H and O–H groups in total. The summed E-state index contributed by atoms with van der Waals surface area (Å²) in [5, 5.41) is 1.04. The van der Waals surface area contributed by atoms with Crippen LogP contribution in [0.3, 0.4) is 0 Å². The summed E-state index contributed by atoms with van der Waals surface area (Å²) in [6.45, 7) is 3.01. The Bertz CT molecular complexity index is 315. The largest absolute Gasteiger partial charge is 0.343 e. The fourth-order valence-electron chi connectivity index (χ4n) is 1.99. The van der Waals surface area contributed by atoms with Crippen LogP contribution < -0.4 is 4.90 Å². The van der Waals surface area contributed by atoms with E-state index in [1.165, 1.54) is 37.2 Å². The fraction of sp³-hybridized carbons (Fsp3) is 0.800. The second-order valence-electron chi connectivity index (χ2n) is 3.98. The van der Waals surface area contributed by atoms with E-state index in [1.54, 1.807) is 0 Å². The Kier molecular flexibility index (Phi) is 3.81. The van der Waals surface area contributed by atoms with Crippen LogP contribution in [0.2, 0.25) is 0 Å². The maximum absolute atomic E-state index is 6.02. The lowest BCUT2D eigenvalue weighted by Gasteiger charge is -2.27. The van der Waals surface area contributed by atoms with Crippen molar-refractivity contribution in [1.82, 2.24) is 9.36 Å². The van der Waals surface area contributed by atoms with Crippen molar-refractivity contribution in [2.45, 2.75) is 38.6 Å². The molecule has 1 fully saturated rings. The summed E-state index contributed by atoms with van der Waals surface area (Å²) in [5.74, 6) is 1.56. The van der Waals surface area contributed by atoms with Gasteiger partial charge in [0.15, 0.2) is 0 Å². The molecule has 0 spiro atoms. The number of rotatable bonds is 2. The molecular weight excluding hydrogens is 230 g/mol. The Morgan fingerprint density at radius 1 is 1.47 bits per heavy atom. The van der Waals surface area contributed by atoms with Crippen molar-refractivity contribution in [3.63, 3.8) is 0 Å². The molecule has 0 radical (unpaired) electrons. The predicted octanol–water partition coefficient (Wildman–Crippen LogP) is 2.83. The Morgan fingerprint density at radius 2 is 2.33 bits per heavy atom. The van der Waals surface area contributed by atoms with Gasteiger partial charge in [0.25, 0.3) is 0 Å². The van der Waals surface area contributed by atoms with Crippen molar-refractivity contribution in [3.05, 3.63) is 5.82 Å². The van der Waals surface area contributed by atoms with Crippen molar-refractivity contribution in [2.24, 2.45) is 0 Å². The van der Waals surface area contributed by atoms with Gasteiger partial charge in [-0.1, -0.05) is 12.8 Å². The van der Waals surface area contributed by atoms with Crippen LogP contribution in [0.5, 0.6) is 0 Å². The first-order valence-corrected chi connectivity index (χ1v) is 6.75. The monoisotopic (exact) mass is 245 g/mol. The maximum Gasteiger partial charge on any atom is 0.205 e. The highest BCUT2D eigenvalue weighted by Gasteiger charge is 2.22. The van der Waals surface area contributed by atoms with Crippen LogP contribution in [-0.4, -0.2) is 27.8 Å². The van der Waals surface area contributed by atoms with Gasteiger partial charge in [-0.3, -0.25) is 0 Å². The van der Waals surface area contributed by atoms with Crippen molar-refractivity contribution < 1.29 is 0 Å². The first-order valence-electron chi connectivity index (χ1n) is 5.44. The smallest absolute Gasteiger partial charge is 0.205 e. The van der Waals surface area contributed by atoms with Crippen LogP contribution in [0.4, 0.5) is 5.13 Å². The molecule has 1 aromatic heterocycles. The third-order valence-corrected chi connectivity index (χ3v) is 4.02. The molecule has 1 aromatic rings. The third kappa shape index (κ3) is 2.61. The summed E-state index contributed by atoms with van der Waals surface area (Å²) in [6, 6.07) is 0.446. The number of nitrogens with zero attached hydrogens (tertiary/aromatic N) is 3. The molecule has 1 aliphatic heterocycles. The van der Waals surface area contributed by atoms with E-state index < -0.39 is 0 Å². The quantitative estimate of drug-likeness (QED) is 0.751. The minimum absolute atomic E-state index is 0.446. The van der Waals surface area contributed by atoms with Gasteiger partial charge in [-0.15, -0.1) is 11.6 Å².